The van der Waals surface area contributed by atoms with Gasteiger partial charge in [0.05, 0.1) is 24.8 Å². The third-order valence-corrected chi connectivity index (χ3v) is 3.39. The van der Waals surface area contributed by atoms with Gasteiger partial charge in [-0.1, -0.05) is 0 Å². The summed E-state index contributed by atoms with van der Waals surface area (Å²) >= 11 is 0. The molecule has 0 saturated heterocycles. The van der Waals surface area contributed by atoms with Gasteiger partial charge in [-0.3, -0.25) is 0 Å². The third-order valence-electron chi connectivity index (χ3n) is 3.39. The van der Waals surface area contributed by atoms with Crippen molar-refractivity contribution >= 4 is 22.4 Å². The number of nitrogen functional groups attached to an aromatic ring is 1. The van der Waals surface area contributed by atoms with Gasteiger partial charge >= 0.3 is 0 Å². The number of nitrogens with two attached hydrogens (primary N) is 1. The first-order chi connectivity index (χ1) is 10.2. The third kappa shape index (κ3) is 3.59. The standard InChI is InChI=1S/C15H22N4O2/c1-11(9-21-3)19(6-7-20-2)15-13-5-4-12(16)8-14(13)17-10-18-15/h4-5,8,10-11H,6-7,9,16H2,1-3H3. The molecule has 0 aliphatic carbocycles. The number of benzene rings is 1. The fraction of sp³-hybridized carbons (Fsp3) is 0.467. The molecule has 2 aromatic rings. The number of nitrogens with zero attached hydrogens (tertiary/aromatic N) is 3. The van der Waals surface area contributed by atoms with Gasteiger partial charge in [-0.15, -0.1) is 0 Å². The fourth-order valence-corrected chi connectivity index (χ4v) is 2.34. The van der Waals surface area contributed by atoms with Crippen LogP contribution in [-0.2, 0) is 9.47 Å². The second kappa shape index (κ2) is 7.19. The summed E-state index contributed by atoms with van der Waals surface area (Å²) in [6.07, 6.45) is 1.57. The number of rotatable bonds is 7. The lowest BCUT2D eigenvalue weighted by Gasteiger charge is -2.30. The highest BCUT2D eigenvalue weighted by Crippen LogP contribution is 2.25. The number of hydrogen-bond donors (Lipinski definition) is 1. The number of aromatic nitrogens is 2. The van der Waals surface area contributed by atoms with E-state index in [9.17, 15) is 0 Å². The van der Waals surface area contributed by atoms with Crippen LogP contribution in [0.4, 0.5) is 11.5 Å². The van der Waals surface area contributed by atoms with Gasteiger partial charge in [0.1, 0.15) is 12.1 Å². The second-order valence-corrected chi connectivity index (χ2v) is 4.96. The van der Waals surface area contributed by atoms with Crippen LogP contribution in [0, 0.1) is 0 Å². The molecule has 1 aromatic heterocycles. The Hall–Kier alpha value is -1.92. The van der Waals surface area contributed by atoms with Gasteiger partial charge in [-0.2, -0.15) is 0 Å². The van der Waals surface area contributed by atoms with Gasteiger partial charge < -0.3 is 20.1 Å². The summed E-state index contributed by atoms with van der Waals surface area (Å²) in [5, 5.41) is 0.978. The first kappa shape index (κ1) is 15.5. The number of hydrogen-bond acceptors (Lipinski definition) is 6. The Morgan fingerprint density at radius 2 is 2.05 bits per heavy atom. The lowest BCUT2D eigenvalue weighted by Crippen LogP contribution is -2.39. The summed E-state index contributed by atoms with van der Waals surface area (Å²) < 4.78 is 10.5. The van der Waals surface area contributed by atoms with Crippen molar-refractivity contribution in [2.75, 3.05) is 44.6 Å². The Morgan fingerprint density at radius 3 is 2.76 bits per heavy atom. The summed E-state index contributed by atoms with van der Waals surface area (Å²) in [5.41, 5.74) is 7.36. The van der Waals surface area contributed by atoms with E-state index in [1.54, 1.807) is 20.5 Å². The maximum atomic E-state index is 5.82. The molecule has 114 valence electrons. The first-order valence-electron chi connectivity index (χ1n) is 6.92. The summed E-state index contributed by atoms with van der Waals surface area (Å²) in [4.78, 5) is 10.9. The maximum absolute atomic E-state index is 5.82. The molecule has 0 radical (unpaired) electrons. The number of ether oxygens (including phenoxy) is 2. The monoisotopic (exact) mass is 290 g/mol. The van der Waals surface area contributed by atoms with Crippen LogP contribution in [0.2, 0.25) is 0 Å². The molecule has 0 amide bonds. The molecule has 0 fully saturated rings. The summed E-state index contributed by atoms with van der Waals surface area (Å²) in [7, 11) is 3.39. The predicted octanol–water partition coefficient (Wildman–Crippen LogP) is 1.70. The molecule has 1 aromatic carbocycles. The molecular formula is C15H22N4O2. The van der Waals surface area contributed by atoms with Gasteiger partial charge in [0.25, 0.3) is 0 Å². The van der Waals surface area contributed by atoms with E-state index in [4.69, 9.17) is 15.2 Å². The average Bonchev–Trinajstić information content (AvgIpc) is 2.47. The van der Waals surface area contributed by atoms with E-state index >= 15 is 0 Å². The van der Waals surface area contributed by atoms with Crippen molar-refractivity contribution in [3.8, 4) is 0 Å². The van der Waals surface area contributed by atoms with E-state index in [1.807, 2.05) is 18.2 Å². The predicted molar refractivity (Wildman–Crippen MR) is 84.5 cm³/mol. The van der Waals surface area contributed by atoms with Crippen molar-refractivity contribution in [1.82, 2.24) is 9.97 Å². The minimum Gasteiger partial charge on any atom is -0.399 e. The van der Waals surface area contributed by atoms with E-state index in [0.717, 1.165) is 23.3 Å². The maximum Gasteiger partial charge on any atom is 0.140 e. The molecule has 0 saturated carbocycles. The van der Waals surface area contributed by atoms with Gasteiger partial charge in [-0.05, 0) is 25.1 Å². The topological polar surface area (TPSA) is 73.5 Å². The van der Waals surface area contributed by atoms with Crippen molar-refractivity contribution in [1.29, 1.82) is 0 Å². The lowest BCUT2D eigenvalue weighted by molar-refractivity contribution is 0.170. The molecule has 6 heteroatoms. The summed E-state index contributed by atoms with van der Waals surface area (Å²) in [5.74, 6) is 0.876. The Kier molecular flexibility index (Phi) is 5.30. The largest absolute Gasteiger partial charge is 0.399 e. The van der Waals surface area contributed by atoms with Crippen molar-refractivity contribution < 1.29 is 9.47 Å². The smallest absolute Gasteiger partial charge is 0.140 e. The highest BCUT2D eigenvalue weighted by molar-refractivity contribution is 5.91. The van der Waals surface area contributed by atoms with Crippen LogP contribution < -0.4 is 10.6 Å². The first-order valence-corrected chi connectivity index (χ1v) is 6.92. The summed E-state index contributed by atoms with van der Waals surface area (Å²) in [6, 6.07) is 5.86. The van der Waals surface area contributed by atoms with Crippen molar-refractivity contribution in [2.45, 2.75) is 13.0 Å². The Balaban J connectivity index is 2.43. The molecule has 0 spiro atoms. The Morgan fingerprint density at radius 1 is 1.24 bits per heavy atom. The highest BCUT2D eigenvalue weighted by atomic mass is 16.5. The van der Waals surface area contributed by atoms with Crippen molar-refractivity contribution in [2.24, 2.45) is 0 Å². The molecule has 1 heterocycles. The Labute approximate surface area is 124 Å². The molecule has 6 nitrogen and oxygen atoms in total. The molecule has 21 heavy (non-hydrogen) atoms. The average molecular weight is 290 g/mol. The quantitative estimate of drug-likeness (QED) is 0.782. The number of methoxy groups -OCH3 is 2. The lowest BCUT2D eigenvalue weighted by atomic mass is 10.2. The van der Waals surface area contributed by atoms with Crippen LogP contribution in [-0.4, -0.2) is 50.0 Å². The van der Waals surface area contributed by atoms with Gasteiger partial charge in [0.15, 0.2) is 0 Å². The van der Waals surface area contributed by atoms with Crippen LogP contribution in [0.1, 0.15) is 6.92 Å². The van der Waals surface area contributed by atoms with Crippen LogP contribution in [0.25, 0.3) is 10.9 Å². The van der Waals surface area contributed by atoms with Gasteiger partial charge in [0.2, 0.25) is 0 Å². The molecule has 1 unspecified atom stereocenters. The molecule has 1 atom stereocenters. The number of fused-ring (bicyclic) bond motifs is 1. The zero-order chi connectivity index (χ0) is 15.2. The summed E-state index contributed by atoms with van der Waals surface area (Å²) in [6.45, 7) is 4.07. The van der Waals surface area contributed by atoms with Crippen molar-refractivity contribution in [3.63, 3.8) is 0 Å². The van der Waals surface area contributed by atoms with E-state index in [1.165, 1.54) is 0 Å². The molecule has 0 aliphatic rings. The second-order valence-electron chi connectivity index (χ2n) is 4.96. The van der Waals surface area contributed by atoms with Crippen LogP contribution in [0.5, 0.6) is 0 Å². The number of anilines is 2. The highest BCUT2D eigenvalue weighted by Gasteiger charge is 2.18. The normalized spacial score (nSPS) is 12.5. The molecule has 2 rings (SSSR count). The SMILES string of the molecule is COCCN(c1ncnc2cc(N)ccc12)C(C)COC. The van der Waals surface area contributed by atoms with Crippen LogP contribution in [0.15, 0.2) is 24.5 Å². The zero-order valence-corrected chi connectivity index (χ0v) is 12.7. The molecular weight excluding hydrogens is 268 g/mol. The molecule has 0 aliphatic heterocycles. The van der Waals surface area contributed by atoms with Crippen LogP contribution >= 0.6 is 0 Å². The minimum atomic E-state index is 0.181. The van der Waals surface area contributed by atoms with Gasteiger partial charge in [0, 0.05) is 31.8 Å². The van der Waals surface area contributed by atoms with E-state index in [-0.39, 0.29) is 6.04 Å². The van der Waals surface area contributed by atoms with E-state index in [2.05, 4.69) is 21.8 Å². The fourth-order valence-electron chi connectivity index (χ4n) is 2.34. The van der Waals surface area contributed by atoms with Crippen molar-refractivity contribution in [3.05, 3.63) is 24.5 Å². The van der Waals surface area contributed by atoms with Gasteiger partial charge in [-0.25, -0.2) is 9.97 Å². The zero-order valence-electron chi connectivity index (χ0n) is 12.7. The Bertz CT molecular complexity index is 591. The molecule has 2 N–H and O–H groups in total. The minimum absolute atomic E-state index is 0.181. The van der Waals surface area contributed by atoms with E-state index < -0.39 is 0 Å². The molecule has 0 bridgehead atoms. The van der Waals surface area contributed by atoms with Crippen LogP contribution in [0.3, 0.4) is 0 Å². The van der Waals surface area contributed by atoms with E-state index in [0.29, 0.717) is 18.9 Å².